The summed E-state index contributed by atoms with van der Waals surface area (Å²) in [7, 11) is 0. The predicted molar refractivity (Wildman–Crippen MR) is 71.0 cm³/mol. The van der Waals surface area contributed by atoms with E-state index < -0.39 is 0 Å². The van der Waals surface area contributed by atoms with E-state index in [1.807, 2.05) is 13.0 Å². The highest BCUT2D eigenvalue weighted by Gasteiger charge is 2.25. The number of rotatable bonds is 3. The first-order chi connectivity index (χ1) is 8.74. The van der Waals surface area contributed by atoms with Crippen molar-refractivity contribution >= 4 is 23.2 Å². The number of fused-ring (bicyclic) bond motifs is 1. The molecule has 5 nitrogen and oxygen atoms in total. The first-order valence-corrected chi connectivity index (χ1v) is 6.73. The van der Waals surface area contributed by atoms with Crippen molar-refractivity contribution in [2.24, 2.45) is 5.92 Å². The van der Waals surface area contributed by atoms with Gasteiger partial charge in [0.15, 0.2) is 0 Å². The normalized spacial score (nSPS) is 23.7. The molecule has 1 aliphatic carbocycles. The highest BCUT2D eigenvalue weighted by atomic mass is 35.5. The van der Waals surface area contributed by atoms with Crippen LogP contribution in [-0.2, 0) is 0 Å². The summed E-state index contributed by atoms with van der Waals surface area (Å²) in [6.45, 7) is 2.84. The van der Waals surface area contributed by atoms with Crippen LogP contribution >= 0.6 is 11.6 Å². The summed E-state index contributed by atoms with van der Waals surface area (Å²) in [5.74, 6) is 2.11. The number of alkyl halides is 1. The third kappa shape index (κ3) is 2.14. The van der Waals surface area contributed by atoms with E-state index in [-0.39, 0.29) is 0 Å². The second-order valence-corrected chi connectivity index (χ2v) is 5.40. The number of aryl methyl sites for hydroxylation is 1. The molecule has 1 N–H and O–H groups in total. The van der Waals surface area contributed by atoms with Gasteiger partial charge in [0.05, 0.1) is 0 Å². The Hall–Kier alpha value is -1.36. The molecular formula is C12H16ClN5. The summed E-state index contributed by atoms with van der Waals surface area (Å²) in [5, 5.41) is 7.89. The summed E-state index contributed by atoms with van der Waals surface area (Å²) >= 11 is 6.29. The van der Waals surface area contributed by atoms with E-state index in [9.17, 15) is 0 Å². The summed E-state index contributed by atoms with van der Waals surface area (Å²) in [6, 6.07) is 1.99. The maximum atomic E-state index is 6.29. The van der Waals surface area contributed by atoms with Gasteiger partial charge in [0.25, 0.3) is 5.78 Å². The molecule has 2 unspecified atom stereocenters. The second-order valence-electron chi connectivity index (χ2n) is 4.84. The van der Waals surface area contributed by atoms with Crippen LogP contribution in [0.25, 0.3) is 5.78 Å². The van der Waals surface area contributed by atoms with E-state index in [2.05, 4.69) is 20.4 Å². The van der Waals surface area contributed by atoms with E-state index in [0.717, 1.165) is 24.5 Å². The van der Waals surface area contributed by atoms with Crippen LogP contribution in [-0.4, -0.2) is 31.5 Å². The van der Waals surface area contributed by atoms with Gasteiger partial charge in [0.1, 0.15) is 12.1 Å². The Balaban J connectivity index is 1.79. The molecule has 96 valence electrons. The van der Waals surface area contributed by atoms with Crippen LogP contribution < -0.4 is 5.32 Å². The molecule has 0 radical (unpaired) electrons. The van der Waals surface area contributed by atoms with Gasteiger partial charge in [-0.2, -0.15) is 14.6 Å². The lowest BCUT2D eigenvalue weighted by Crippen LogP contribution is -2.20. The Bertz CT molecular complexity index is 552. The molecule has 0 spiro atoms. The number of halogens is 1. The van der Waals surface area contributed by atoms with Gasteiger partial charge in [-0.05, 0) is 25.7 Å². The monoisotopic (exact) mass is 265 g/mol. The summed E-state index contributed by atoms with van der Waals surface area (Å²) in [5.41, 5.74) is 0.937. The van der Waals surface area contributed by atoms with Crippen molar-refractivity contribution in [3.05, 3.63) is 18.1 Å². The van der Waals surface area contributed by atoms with Gasteiger partial charge in [-0.1, -0.05) is 6.42 Å². The van der Waals surface area contributed by atoms with Crippen LogP contribution in [0.15, 0.2) is 12.4 Å². The molecule has 2 atom stereocenters. The van der Waals surface area contributed by atoms with E-state index >= 15 is 0 Å². The van der Waals surface area contributed by atoms with Gasteiger partial charge >= 0.3 is 0 Å². The van der Waals surface area contributed by atoms with E-state index in [0.29, 0.717) is 17.1 Å². The van der Waals surface area contributed by atoms with Crippen LogP contribution in [0, 0.1) is 12.8 Å². The minimum Gasteiger partial charge on any atom is -0.370 e. The van der Waals surface area contributed by atoms with Crippen molar-refractivity contribution in [1.82, 2.24) is 19.6 Å². The highest BCUT2D eigenvalue weighted by molar-refractivity contribution is 6.20. The number of hydrogen-bond acceptors (Lipinski definition) is 4. The van der Waals surface area contributed by atoms with Crippen molar-refractivity contribution in [2.75, 3.05) is 11.9 Å². The fourth-order valence-electron chi connectivity index (χ4n) is 2.51. The Morgan fingerprint density at radius 3 is 3.17 bits per heavy atom. The summed E-state index contributed by atoms with van der Waals surface area (Å²) in [4.78, 5) is 8.42. The minimum absolute atomic E-state index is 0.298. The lowest BCUT2D eigenvalue weighted by atomic mass is 10.1. The Morgan fingerprint density at radius 2 is 2.39 bits per heavy atom. The molecule has 3 rings (SSSR count). The van der Waals surface area contributed by atoms with Gasteiger partial charge in [-0.15, -0.1) is 11.6 Å². The first kappa shape index (κ1) is 11.7. The third-order valence-corrected chi connectivity index (χ3v) is 4.07. The maximum Gasteiger partial charge on any atom is 0.254 e. The van der Waals surface area contributed by atoms with Crippen LogP contribution in [0.4, 0.5) is 5.82 Å². The van der Waals surface area contributed by atoms with E-state index in [1.54, 1.807) is 4.52 Å². The van der Waals surface area contributed by atoms with Crippen molar-refractivity contribution in [1.29, 1.82) is 0 Å². The fourth-order valence-corrected chi connectivity index (χ4v) is 2.88. The fraction of sp³-hybridized carbons (Fsp3) is 0.583. The largest absolute Gasteiger partial charge is 0.370 e. The Kier molecular flexibility index (Phi) is 3.07. The van der Waals surface area contributed by atoms with Crippen molar-refractivity contribution in [2.45, 2.75) is 31.6 Å². The number of anilines is 1. The Morgan fingerprint density at radius 1 is 1.50 bits per heavy atom. The number of nitrogens with one attached hydrogen (secondary N) is 1. The molecule has 6 heteroatoms. The average molecular weight is 266 g/mol. The summed E-state index contributed by atoms with van der Waals surface area (Å²) < 4.78 is 1.73. The van der Waals surface area contributed by atoms with Crippen molar-refractivity contribution in [3.8, 4) is 0 Å². The van der Waals surface area contributed by atoms with Crippen molar-refractivity contribution in [3.63, 3.8) is 0 Å². The van der Waals surface area contributed by atoms with Gasteiger partial charge < -0.3 is 5.32 Å². The van der Waals surface area contributed by atoms with Crippen LogP contribution in [0.1, 0.15) is 25.0 Å². The van der Waals surface area contributed by atoms with Crippen molar-refractivity contribution < 1.29 is 0 Å². The molecule has 0 saturated heterocycles. The average Bonchev–Trinajstić information content (AvgIpc) is 2.94. The molecule has 18 heavy (non-hydrogen) atoms. The zero-order chi connectivity index (χ0) is 12.5. The second kappa shape index (κ2) is 4.72. The quantitative estimate of drug-likeness (QED) is 0.865. The molecule has 1 aliphatic rings. The maximum absolute atomic E-state index is 6.29. The van der Waals surface area contributed by atoms with Crippen LogP contribution in [0.5, 0.6) is 0 Å². The smallest absolute Gasteiger partial charge is 0.254 e. The molecule has 0 aromatic carbocycles. The predicted octanol–water partition coefficient (Wildman–Crippen LogP) is 2.25. The lowest BCUT2D eigenvalue weighted by Gasteiger charge is -2.15. The molecule has 0 amide bonds. The number of aromatic nitrogens is 4. The molecule has 2 aromatic rings. The highest BCUT2D eigenvalue weighted by Crippen LogP contribution is 2.30. The van der Waals surface area contributed by atoms with Gasteiger partial charge in [0, 0.05) is 23.7 Å². The van der Waals surface area contributed by atoms with Gasteiger partial charge in [-0.3, -0.25) is 0 Å². The minimum atomic E-state index is 0.298. The Labute approximate surface area is 111 Å². The third-order valence-electron chi connectivity index (χ3n) is 3.49. The standard InChI is InChI=1S/C12H16ClN5/c1-8-5-11(18-12(17-8)15-7-16-18)14-6-9-3-2-4-10(9)13/h5,7,9-10,14H,2-4,6H2,1H3. The molecule has 2 aromatic heterocycles. The number of hydrogen-bond donors (Lipinski definition) is 1. The van der Waals surface area contributed by atoms with Gasteiger partial charge in [-0.25, -0.2) is 4.98 Å². The van der Waals surface area contributed by atoms with E-state index in [1.165, 1.54) is 19.2 Å². The molecular weight excluding hydrogens is 250 g/mol. The molecule has 0 bridgehead atoms. The summed E-state index contributed by atoms with van der Waals surface area (Å²) in [6.07, 6.45) is 5.08. The van der Waals surface area contributed by atoms with Gasteiger partial charge in [0.2, 0.25) is 0 Å². The van der Waals surface area contributed by atoms with Crippen LogP contribution in [0.3, 0.4) is 0 Å². The molecule has 2 heterocycles. The zero-order valence-electron chi connectivity index (χ0n) is 10.3. The molecule has 1 saturated carbocycles. The van der Waals surface area contributed by atoms with Crippen LogP contribution in [0.2, 0.25) is 0 Å². The van der Waals surface area contributed by atoms with E-state index in [4.69, 9.17) is 11.6 Å². The molecule has 1 fully saturated rings. The molecule has 0 aliphatic heterocycles. The topological polar surface area (TPSA) is 55.1 Å². The first-order valence-electron chi connectivity index (χ1n) is 6.29. The number of nitrogens with zero attached hydrogens (tertiary/aromatic N) is 4. The lowest BCUT2D eigenvalue weighted by molar-refractivity contribution is 0.584. The zero-order valence-corrected chi connectivity index (χ0v) is 11.1. The SMILES string of the molecule is Cc1cc(NCC2CCCC2Cl)n2ncnc2n1.